The Morgan fingerprint density at radius 1 is 1.00 bits per heavy atom. The van der Waals surface area contributed by atoms with E-state index in [-0.39, 0.29) is 11.8 Å². The van der Waals surface area contributed by atoms with E-state index in [2.05, 4.69) is 20.9 Å². The summed E-state index contributed by atoms with van der Waals surface area (Å²) in [4.78, 5) is 42.1. The summed E-state index contributed by atoms with van der Waals surface area (Å²) in [5, 5.41) is 0. The Labute approximate surface area is 203 Å². The van der Waals surface area contributed by atoms with Crippen LogP contribution in [0.1, 0.15) is 21.5 Å². The van der Waals surface area contributed by atoms with Crippen LogP contribution in [0.3, 0.4) is 0 Å². The maximum Gasteiger partial charge on any atom is 0.264 e. The zero-order valence-corrected chi connectivity index (χ0v) is 20.0. The Balaban J connectivity index is 1.32. The number of aromatic nitrogens is 2. The fourth-order valence-corrected chi connectivity index (χ4v) is 5.28. The van der Waals surface area contributed by atoms with Crippen molar-refractivity contribution < 1.29 is 9.59 Å². The lowest BCUT2D eigenvalue weighted by Gasteiger charge is -2.35. The molecule has 0 unspecified atom stereocenters. The van der Waals surface area contributed by atoms with Crippen LogP contribution < -0.4 is 9.80 Å². The molecule has 0 radical (unpaired) electrons. The average molecular weight is 472 g/mol. The molecule has 7 nitrogen and oxygen atoms in total. The number of likely N-dealkylation sites (N-methyl/N-ethyl adjacent to an activating group) is 1. The topological polar surface area (TPSA) is 69.6 Å². The highest BCUT2D eigenvalue weighted by Gasteiger charge is 2.29. The van der Waals surface area contributed by atoms with Crippen LogP contribution in [0.5, 0.6) is 0 Å². The monoisotopic (exact) mass is 471 g/mol. The van der Waals surface area contributed by atoms with Crippen LogP contribution in [0.4, 0.5) is 11.6 Å². The van der Waals surface area contributed by atoms with E-state index in [1.807, 2.05) is 54.3 Å². The molecule has 0 spiro atoms. The van der Waals surface area contributed by atoms with Gasteiger partial charge in [0.05, 0.1) is 10.6 Å². The Morgan fingerprint density at radius 3 is 2.50 bits per heavy atom. The highest BCUT2D eigenvalue weighted by atomic mass is 32.2. The van der Waals surface area contributed by atoms with Crippen molar-refractivity contribution in [2.45, 2.75) is 11.8 Å². The van der Waals surface area contributed by atoms with Crippen molar-refractivity contribution in [3.63, 3.8) is 0 Å². The van der Waals surface area contributed by atoms with Gasteiger partial charge in [0.25, 0.3) is 11.8 Å². The Bertz CT molecular complexity index is 1270. The van der Waals surface area contributed by atoms with E-state index in [1.165, 1.54) is 11.8 Å². The van der Waals surface area contributed by atoms with Gasteiger partial charge in [0, 0.05) is 56.1 Å². The van der Waals surface area contributed by atoms with Gasteiger partial charge in [0.2, 0.25) is 5.95 Å². The first-order valence-corrected chi connectivity index (χ1v) is 12.0. The summed E-state index contributed by atoms with van der Waals surface area (Å²) in [6.45, 7) is 4.60. The largest absolute Gasteiger partial charge is 0.337 e. The zero-order chi connectivity index (χ0) is 23.7. The number of hydrogen-bond acceptors (Lipinski definition) is 6. The molecule has 1 fully saturated rings. The lowest BCUT2D eigenvalue weighted by molar-refractivity contribution is -0.114. The number of aryl methyl sites for hydroxylation is 1. The molecule has 3 aromatic rings. The van der Waals surface area contributed by atoms with Crippen molar-refractivity contribution in [2.24, 2.45) is 0 Å². The third-order valence-corrected chi connectivity index (χ3v) is 7.12. The van der Waals surface area contributed by atoms with E-state index >= 15 is 0 Å². The van der Waals surface area contributed by atoms with Crippen molar-refractivity contribution in [2.75, 3.05) is 43.0 Å². The van der Waals surface area contributed by atoms with Crippen molar-refractivity contribution in [3.8, 4) is 0 Å². The summed E-state index contributed by atoms with van der Waals surface area (Å²) in [7, 11) is 1.76. The van der Waals surface area contributed by atoms with Crippen LogP contribution in [0, 0.1) is 6.92 Å². The minimum absolute atomic E-state index is 0.0246. The van der Waals surface area contributed by atoms with Crippen LogP contribution >= 0.6 is 11.8 Å². The van der Waals surface area contributed by atoms with E-state index in [4.69, 9.17) is 0 Å². The molecule has 0 N–H and O–H groups in total. The molecule has 0 atom stereocenters. The van der Waals surface area contributed by atoms with Gasteiger partial charge in [-0.3, -0.25) is 9.59 Å². The fourth-order valence-electron chi connectivity index (χ4n) is 4.18. The maximum atomic E-state index is 13.2. The number of fused-ring (bicyclic) bond motifs is 1. The van der Waals surface area contributed by atoms with Gasteiger partial charge in [-0.2, -0.15) is 0 Å². The summed E-state index contributed by atoms with van der Waals surface area (Å²) in [5.74, 6) is 0.596. The van der Waals surface area contributed by atoms with Crippen LogP contribution in [0.15, 0.2) is 70.7 Å². The molecule has 8 heteroatoms. The van der Waals surface area contributed by atoms with Gasteiger partial charge in [-0.25, -0.2) is 9.97 Å². The molecule has 2 aliphatic heterocycles. The van der Waals surface area contributed by atoms with Crippen molar-refractivity contribution in [1.82, 2.24) is 14.9 Å². The van der Waals surface area contributed by atoms with Crippen molar-refractivity contribution in [3.05, 3.63) is 82.5 Å². The van der Waals surface area contributed by atoms with Gasteiger partial charge in [0.15, 0.2) is 0 Å². The molecule has 2 aromatic carbocycles. The number of hydrogen-bond donors (Lipinski definition) is 0. The van der Waals surface area contributed by atoms with Crippen molar-refractivity contribution in [1.29, 1.82) is 0 Å². The number of benzene rings is 2. The standard InChI is InChI=1S/C26H25N5O2S/c1-18-5-3-6-19(15-18)16-23-25(33)29(2)21-17-20(7-8-22(21)34-23)24(32)30-11-13-31(14-12-30)26-27-9-4-10-28-26/h3-10,15-17H,11-14H2,1-2H3/b23-16+. The SMILES string of the molecule is Cc1cccc(/C=C2/Sc3ccc(C(=O)N4CCN(c5ncccn5)CC4)cc3N(C)C2=O)c1. The second-order valence-corrected chi connectivity index (χ2v) is 9.48. The summed E-state index contributed by atoms with van der Waals surface area (Å²) >= 11 is 1.45. The fraction of sp³-hybridized carbons (Fsp3) is 0.231. The third kappa shape index (κ3) is 4.41. The predicted molar refractivity (Wildman–Crippen MR) is 135 cm³/mol. The molecular formula is C26H25N5O2S. The Morgan fingerprint density at radius 2 is 1.76 bits per heavy atom. The molecule has 2 aliphatic rings. The van der Waals surface area contributed by atoms with E-state index < -0.39 is 0 Å². The number of carbonyl (C=O) groups is 2. The molecule has 1 aromatic heterocycles. The molecule has 34 heavy (non-hydrogen) atoms. The summed E-state index contributed by atoms with van der Waals surface area (Å²) in [6.07, 6.45) is 5.38. The van der Waals surface area contributed by atoms with E-state index in [9.17, 15) is 9.59 Å². The second kappa shape index (κ2) is 9.30. The molecule has 172 valence electrons. The summed E-state index contributed by atoms with van der Waals surface area (Å²) in [6, 6.07) is 15.5. The zero-order valence-electron chi connectivity index (χ0n) is 19.1. The van der Waals surface area contributed by atoms with Gasteiger partial charge in [0.1, 0.15) is 0 Å². The molecule has 1 saturated heterocycles. The quantitative estimate of drug-likeness (QED) is 0.541. The number of anilines is 2. The lowest BCUT2D eigenvalue weighted by Crippen LogP contribution is -2.49. The van der Waals surface area contributed by atoms with Crippen molar-refractivity contribution >= 4 is 41.3 Å². The number of rotatable bonds is 3. The first kappa shape index (κ1) is 22.2. The van der Waals surface area contributed by atoms with Crippen LogP contribution in [0.25, 0.3) is 6.08 Å². The maximum absolute atomic E-state index is 13.2. The first-order valence-electron chi connectivity index (χ1n) is 11.2. The second-order valence-electron chi connectivity index (χ2n) is 8.40. The van der Waals surface area contributed by atoms with E-state index in [0.29, 0.717) is 42.6 Å². The smallest absolute Gasteiger partial charge is 0.264 e. The number of nitrogens with zero attached hydrogens (tertiary/aromatic N) is 5. The molecule has 0 saturated carbocycles. The summed E-state index contributed by atoms with van der Waals surface area (Å²) < 4.78 is 0. The number of amides is 2. The highest BCUT2D eigenvalue weighted by molar-refractivity contribution is 8.04. The highest BCUT2D eigenvalue weighted by Crippen LogP contribution is 2.42. The normalized spacial score (nSPS) is 17.2. The molecule has 2 amide bonds. The van der Waals surface area contributed by atoms with Crippen LogP contribution in [0.2, 0.25) is 0 Å². The van der Waals surface area contributed by atoms with Gasteiger partial charge in [-0.05, 0) is 42.8 Å². The van der Waals surface area contributed by atoms with Gasteiger partial charge in [-0.1, -0.05) is 41.6 Å². The predicted octanol–water partition coefficient (Wildman–Crippen LogP) is 3.86. The number of thioether (sulfide) groups is 1. The number of carbonyl (C=O) groups excluding carboxylic acids is 2. The van der Waals surface area contributed by atoms with Gasteiger partial charge < -0.3 is 14.7 Å². The molecular weight excluding hydrogens is 446 g/mol. The Kier molecular flexibility index (Phi) is 6.06. The number of piperazine rings is 1. The van der Waals surface area contributed by atoms with Gasteiger partial charge in [-0.15, -0.1) is 0 Å². The van der Waals surface area contributed by atoms with Crippen LogP contribution in [-0.4, -0.2) is 59.9 Å². The average Bonchev–Trinajstić information content (AvgIpc) is 2.87. The molecule has 5 rings (SSSR count). The molecule has 0 aliphatic carbocycles. The lowest BCUT2D eigenvalue weighted by atomic mass is 10.1. The third-order valence-electron chi connectivity index (χ3n) is 6.04. The molecule has 3 heterocycles. The van der Waals surface area contributed by atoms with Gasteiger partial charge >= 0.3 is 0 Å². The van der Waals surface area contributed by atoms with E-state index in [0.717, 1.165) is 21.7 Å². The minimum atomic E-state index is -0.0694. The Hall–Kier alpha value is -3.65. The first-order chi connectivity index (χ1) is 16.5. The van der Waals surface area contributed by atoms with Crippen LogP contribution in [-0.2, 0) is 4.79 Å². The summed E-state index contributed by atoms with van der Waals surface area (Å²) in [5.41, 5.74) is 3.50. The minimum Gasteiger partial charge on any atom is -0.337 e. The van der Waals surface area contributed by atoms with E-state index in [1.54, 1.807) is 30.4 Å². The molecule has 0 bridgehead atoms.